The van der Waals surface area contributed by atoms with Crippen LogP contribution in [0, 0.1) is 5.92 Å². The zero-order valence-corrected chi connectivity index (χ0v) is 9.44. The lowest BCUT2D eigenvalue weighted by Crippen LogP contribution is -2.38. The van der Waals surface area contributed by atoms with E-state index < -0.39 is 0 Å². The summed E-state index contributed by atoms with van der Waals surface area (Å²) in [6.07, 6.45) is 5.79. The van der Waals surface area contributed by atoms with Gasteiger partial charge in [0.1, 0.15) is 0 Å². The normalized spacial score (nSPS) is 25.3. The van der Waals surface area contributed by atoms with Gasteiger partial charge in [-0.3, -0.25) is 4.79 Å². The molecule has 1 heterocycles. The summed E-state index contributed by atoms with van der Waals surface area (Å²) in [6.45, 7) is 2.20. The molecule has 0 spiro atoms. The Bertz CT molecular complexity index is 337. The van der Waals surface area contributed by atoms with Gasteiger partial charge in [0.05, 0.1) is 0 Å². The van der Waals surface area contributed by atoms with Crippen molar-refractivity contribution in [3.8, 4) is 0 Å². The van der Waals surface area contributed by atoms with Gasteiger partial charge in [0.15, 0.2) is 0 Å². The van der Waals surface area contributed by atoms with Crippen LogP contribution in [0.2, 0.25) is 0 Å². The smallest absolute Gasteiger partial charge is 0.293 e. The van der Waals surface area contributed by atoms with E-state index in [1.54, 1.807) is 0 Å². The molecule has 0 radical (unpaired) electrons. The summed E-state index contributed by atoms with van der Waals surface area (Å²) >= 11 is 0. The average Bonchev–Trinajstić information content (AvgIpc) is 2.83. The molecular formula is C10H17N5O. The van der Waals surface area contributed by atoms with E-state index in [1.165, 1.54) is 19.3 Å². The molecule has 1 aromatic heterocycles. The van der Waals surface area contributed by atoms with Gasteiger partial charge in [0, 0.05) is 6.04 Å². The second-order valence-corrected chi connectivity index (χ2v) is 4.35. The first-order valence-corrected chi connectivity index (χ1v) is 5.84. The zero-order chi connectivity index (χ0) is 11.4. The van der Waals surface area contributed by atoms with Gasteiger partial charge >= 0.3 is 0 Å². The van der Waals surface area contributed by atoms with E-state index in [1.807, 2.05) is 0 Å². The van der Waals surface area contributed by atoms with E-state index >= 15 is 0 Å². The van der Waals surface area contributed by atoms with Crippen LogP contribution in [0.3, 0.4) is 0 Å². The third-order valence-electron chi connectivity index (χ3n) is 3.24. The molecular weight excluding hydrogens is 206 g/mol. The molecule has 1 aliphatic rings. The number of hydrogen-bond acceptors (Lipinski definition) is 4. The van der Waals surface area contributed by atoms with Gasteiger partial charge in [-0.05, 0) is 24.0 Å². The molecule has 6 nitrogen and oxygen atoms in total. The van der Waals surface area contributed by atoms with Gasteiger partial charge in [-0.1, -0.05) is 26.2 Å². The highest BCUT2D eigenvalue weighted by atomic mass is 16.2. The first kappa shape index (κ1) is 11.0. The summed E-state index contributed by atoms with van der Waals surface area (Å²) in [7, 11) is 0. The highest BCUT2D eigenvalue weighted by molar-refractivity contribution is 5.90. The summed E-state index contributed by atoms with van der Waals surface area (Å²) < 4.78 is 0. The lowest BCUT2D eigenvalue weighted by Gasteiger charge is -2.28. The van der Waals surface area contributed by atoms with Crippen molar-refractivity contribution in [3.05, 3.63) is 5.82 Å². The van der Waals surface area contributed by atoms with Gasteiger partial charge < -0.3 is 5.32 Å². The van der Waals surface area contributed by atoms with Crippen LogP contribution in [0.4, 0.5) is 0 Å². The molecule has 2 rings (SSSR count). The van der Waals surface area contributed by atoms with Gasteiger partial charge in [0.2, 0.25) is 0 Å². The van der Waals surface area contributed by atoms with Gasteiger partial charge in [-0.2, -0.15) is 5.21 Å². The third-order valence-corrected chi connectivity index (χ3v) is 3.24. The SMILES string of the molecule is CCC1CCCC(NC(=O)c2nn[nH]n2)C1. The molecule has 0 aliphatic heterocycles. The minimum absolute atomic E-state index is 0.124. The molecule has 1 saturated carbocycles. The maximum atomic E-state index is 11.7. The number of nitrogens with one attached hydrogen (secondary N) is 2. The van der Waals surface area contributed by atoms with Crippen LogP contribution in [0.25, 0.3) is 0 Å². The van der Waals surface area contributed by atoms with Gasteiger partial charge in [-0.15, -0.1) is 10.2 Å². The van der Waals surface area contributed by atoms with Gasteiger partial charge in [-0.25, -0.2) is 0 Å². The molecule has 16 heavy (non-hydrogen) atoms. The molecule has 2 atom stereocenters. The summed E-state index contributed by atoms with van der Waals surface area (Å²) in [5, 5.41) is 15.9. The number of aromatic nitrogens is 4. The minimum atomic E-state index is -0.226. The first-order chi connectivity index (χ1) is 7.79. The van der Waals surface area contributed by atoms with Crippen molar-refractivity contribution in [2.45, 2.75) is 45.1 Å². The molecule has 0 saturated heterocycles. The van der Waals surface area contributed by atoms with Crippen molar-refractivity contribution >= 4 is 5.91 Å². The molecule has 1 fully saturated rings. The molecule has 0 aromatic carbocycles. The number of carbonyl (C=O) groups excluding carboxylic acids is 1. The van der Waals surface area contributed by atoms with E-state index in [-0.39, 0.29) is 17.8 Å². The first-order valence-electron chi connectivity index (χ1n) is 5.84. The molecule has 1 aromatic rings. The number of rotatable bonds is 3. The fraction of sp³-hybridized carbons (Fsp3) is 0.800. The third kappa shape index (κ3) is 2.56. The van der Waals surface area contributed by atoms with Crippen molar-refractivity contribution in [1.29, 1.82) is 0 Å². The van der Waals surface area contributed by atoms with Crippen molar-refractivity contribution in [2.75, 3.05) is 0 Å². The topological polar surface area (TPSA) is 83.6 Å². The van der Waals surface area contributed by atoms with Crippen molar-refractivity contribution in [2.24, 2.45) is 5.92 Å². The second-order valence-electron chi connectivity index (χ2n) is 4.35. The Morgan fingerprint density at radius 2 is 2.44 bits per heavy atom. The van der Waals surface area contributed by atoms with E-state index in [4.69, 9.17) is 0 Å². The number of hydrogen-bond donors (Lipinski definition) is 2. The zero-order valence-electron chi connectivity index (χ0n) is 9.44. The molecule has 88 valence electrons. The van der Waals surface area contributed by atoms with Crippen LogP contribution in [-0.4, -0.2) is 32.6 Å². The second kappa shape index (κ2) is 5.05. The largest absolute Gasteiger partial charge is 0.346 e. The van der Waals surface area contributed by atoms with Crippen molar-refractivity contribution in [3.63, 3.8) is 0 Å². The lowest BCUT2D eigenvalue weighted by atomic mass is 9.84. The van der Waals surface area contributed by atoms with Crippen LogP contribution < -0.4 is 5.32 Å². The minimum Gasteiger partial charge on any atom is -0.346 e. The molecule has 2 unspecified atom stereocenters. The van der Waals surface area contributed by atoms with Crippen LogP contribution in [0.1, 0.15) is 49.6 Å². The number of H-pyrrole nitrogens is 1. The number of aromatic amines is 1. The molecule has 1 amide bonds. The van der Waals surface area contributed by atoms with E-state index in [2.05, 4.69) is 32.9 Å². The fourth-order valence-corrected chi connectivity index (χ4v) is 2.30. The number of nitrogens with zero attached hydrogens (tertiary/aromatic N) is 3. The quantitative estimate of drug-likeness (QED) is 0.797. The van der Waals surface area contributed by atoms with Crippen LogP contribution in [0.5, 0.6) is 0 Å². The predicted octanol–water partition coefficient (Wildman–Crippen LogP) is 0.898. The Balaban J connectivity index is 1.87. The summed E-state index contributed by atoms with van der Waals surface area (Å²) in [5.41, 5.74) is 0. The Labute approximate surface area is 94.2 Å². The van der Waals surface area contributed by atoms with E-state index in [0.717, 1.165) is 18.8 Å². The van der Waals surface area contributed by atoms with Crippen molar-refractivity contribution < 1.29 is 4.79 Å². The molecule has 0 bridgehead atoms. The summed E-state index contributed by atoms with van der Waals surface area (Å²) in [6, 6.07) is 0.268. The Morgan fingerprint density at radius 1 is 1.56 bits per heavy atom. The number of amides is 1. The van der Waals surface area contributed by atoms with Crippen LogP contribution >= 0.6 is 0 Å². The molecule has 2 N–H and O–H groups in total. The Hall–Kier alpha value is -1.46. The molecule has 6 heteroatoms. The van der Waals surface area contributed by atoms with E-state index in [0.29, 0.717) is 0 Å². The monoisotopic (exact) mass is 223 g/mol. The standard InChI is InChI=1S/C10H17N5O/c1-2-7-4-3-5-8(6-7)11-10(16)9-12-14-15-13-9/h7-8H,2-6H2,1H3,(H,11,16)(H,12,13,14,15). The van der Waals surface area contributed by atoms with Crippen LogP contribution in [0.15, 0.2) is 0 Å². The maximum absolute atomic E-state index is 11.7. The average molecular weight is 223 g/mol. The summed E-state index contributed by atoms with van der Waals surface area (Å²) in [5.74, 6) is 0.637. The Morgan fingerprint density at radius 3 is 3.12 bits per heavy atom. The number of tetrazole rings is 1. The van der Waals surface area contributed by atoms with E-state index in [9.17, 15) is 4.79 Å². The van der Waals surface area contributed by atoms with Crippen LogP contribution in [-0.2, 0) is 0 Å². The Kier molecular flexibility index (Phi) is 3.48. The maximum Gasteiger partial charge on any atom is 0.293 e. The highest BCUT2D eigenvalue weighted by Gasteiger charge is 2.23. The summed E-state index contributed by atoms with van der Waals surface area (Å²) in [4.78, 5) is 11.7. The predicted molar refractivity (Wildman–Crippen MR) is 57.7 cm³/mol. The highest BCUT2D eigenvalue weighted by Crippen LogP contribution is 2.26. The molecule has 1 aliphatic carbocycles. The van der Waals surface area contributed by atoms with Gasteiger partial charge in [0.25, 0.3) is 11.7 Å². The number of carbonyl (C=O) groups is 1. The lowest BCUT2D eigenvalue weighted by molar-refractivity contribution is 0.0908. The van der Waals surface area contributed by atoms with Crippen molar-refractivity contribution in [1.82, 2.24) is 25.9 Å². The fourth-order valence-electron chi connectivity index (χ4n) is 2.30.